The molecule has 2 atom stereocenters. The summed E-state index contributed by atoms with van der Waals surface area (Å²) in [6, 6.07) is 0.152. The van der Waals surface area contributed by atoms with Gasteiger partial charge in [-0.2, -0.15) is 4.98 Å². The van der Waals surface area contributed by atoms with E-state index in [4.69, 9.17) is 10.5 Å². The van der Waals surface area contributed by atoms with Crippen molar-refractivity contribution in [3.63, 3.8) is 0 Å². The van der Waals surface area contributed by atoms with Gasteiger partial charge in [0.25, 0.3) is 0 Å². The quantitative estimate of drug-likeness (QED) is 0.746. The van der Waals surface area contributed by atoms with Gasteiger partial charge in [-0.1, -0.05) is 20.8 Å². The molecule has 0 bridgehead atoms. The second kappa shape index (κ2) is 5.21. The van der Waals surface area contributed by atoms with Crippen molar-refractivity contribution in [1.29, 1.82) is 0 Å². The van der Waals surface area contributed by atoms with Gasteiger partial charge in [0, 0.05) is 11.5 Å². The van der Waals surface area contributed by atoms with Crippen LogP contribution in [0.15, 0.2) is 6.33 Å². The van der Waals surface area contributed by atoms with Crippen LogP contribution in [0.25, 0.3) is 0 Å². The van der Waals surface area contributed by atoms with Gasteiger partial charge < -0.3 is 20.9 Å². The minimum atomic E-state index is -0.288. The topological polar surface area (TPSA) is 93.3 Å². The average molecular weight is 266 g/mol. The van der Waals surface area contributed by atoms with Gasteiger partial charge in [-0.15, -0.1) is 0 Å². The molecule has 6 nitrogen and oxygen atoms in total. The van der Waals surface area contributed by atoms with Crippen LogP contribution in [0.1, 0.15) is 33.6 Å². The first-order valence-electron chi connectivity index (χ1n) is 6.64. The second-order valence-corrected chi connectivity index (χ2v) is 5.56. The maximum atomic E-state index is 9.74. The third kappa shape index (κ3) is 2.58. The minimum Gasteiger partial charge on any atom is -0.476 e. The molecule has 4 N–H and O–H groups in total. The van der Waals surface area contributed by atoms with Crippen molar-refractivity contribution in [2.45, 2.75) is 45.8 Å². The summed E-state index contributed by atoms with van der Waals surface area (Å²) in [5.41, 5.74) is 6.24. The van der Waals surface area contributed by atoms with Gasteiger partial charge in [0.2, 0.25) is 5.88 Å². The fraction of sp³-hybridized carbons (Fsp3) is 0.692. The van der Waals surface area contributed by atoms with Gasteiger partial charge in [0.05, 0.1) is 12.7 Å². The van der Waals surface area contributed by atoms with Crippen LogP contribution in [0.3, 0.4) is 0 Å². The Bertz CT molecular complexity index is 450. The van der Waals surface area contributed by atoms with Gasteiger partial charge in [-0.3, -0.25) is 0 Å². The van der Waals surface area contributed by atoms with Gasteiger partial charge in [-0.05, 0) is 12.8 Å². The van der Waals surface area contributed by atoms with Crippen LogP contribution in [0, 0.1) is 5.41 Å². The standard InChI is InChI=1S/C13H22N4O2/c1-4-5-19-12-10(14)11(15-7-16-12)17-8-6-9(18)13(8,2)3/h7-9,18H,4-6,14H2,1-3H3,(H,15,16,17). The lowest BCUT2D eigenvalue weighted by molar-refractivity contribution is -0.0511. The highest BCUT2D eigenvalue weighted by molar-refractivity contribution is 5.67. The van der Waals surface area contributed by atoms with E-state index in [1.807, 2.05) is 20.8 Å². The number of nitrogens with one attached hydrogen (secondary N) is 1. The highest BCUT2D eigenvalue weighted by Crippen LogP contribution is 2.42. The van der Waals surface area contributed by atoms with Gasteiger partial charge in [0.15, 0.2) is 5.82 Å². The van der Waals surface area contributed by atoms with Crippen molar-refractivity contribution in [2.24, 2.45) is 5.41 Å². The first kappa shape index (κ1) is 13.9. The lowest BCUT2D eigenvalue weighted by Gasteiger charge is -2.49. The maximum absolute atomic E-state index is 9.74. The normalized spacial score (nSPS) is 24.6. The van der Waals surface area contributed by atoms with Crippen molar-refractivity contribution < 1.29 is 9.84 Å². The monoisotopic (exact) mass is 266 g/mol. The number of nitrogens with zero attached hydrogens (tertiary/aromatic N) is 2. The van der Waals surface area contributed by atoms with Crippen molar-refractivity contribution in [2.75, 3.05) is 17.7 Å². The van der Waals surface area contributed by atoms with Crippen LogP contribution in [0.2, 0.25) is 0 Å². The number of aliphatic hydroxyl groups excluding tert-OH is 1. The molecule has 1 heterocycles. The Kier molecular flexibility index (Phi) is 3.80. The Morgan fingerprint density at radius 2 is 2.26 bits per heavy atom. The Morgan fingerprint density at radius 3 is 2.84 bits per heavy atom. The summed E-state index contributed by atoms with van der Waals surface area (Å²) in [4.78, 5) is 8.18. The summed E-state index contributed by atoms with van der Waals surface area (Å²) in [5.74, 6) is 0.989. The van der Waals surface area contributed by atoms with Crippen LogP contribution in [0.4, 0.5) is 11.5 Å². The Labute approximate surface area is 113 Å². The Hall–Kier alpha value is -1.56. The largest absolute Gasteiger partial charge is 0.476 e. The van der Waals surface area contributed by atoms with Crippen molar-refractivity contribution in [3.05, 3.63) is 6.33 Å². The third-order valence-corrected chi connectivity index (χ3v) is 3.82. The molecule has 1 aromatic rings. The number of rotatable bonds is 5. The highest BCUT2D eigenvalue weighted by Gasteiger charge is 2.47. The zero-order valence-electron chi connectivity index (χ0n) is 11.7. The number of aromatic nitrogens is 2. The molecule has 1 aliphatic carbocycles. The van der Waals surface area contributed by atoms with Gasteiger partial charge in [-0.25, -0.2) is 4.98 Å². The number of aliphatic hydroxyl groups is 1. The Balaban J connectivity index is 2.09. The summed E-state index contributed by atoms with van der Waals surface area (Å²) in [6.45, 7) is 6.64. The van der Waals surface area contributed by atoms with Crippen LogP contribution in [0.5, 0.6) is 5.88 Å². The summed E-state index contributed by atoms with van der Waals surface area (Å²) in [7, 11) is 0. The van der Waals surface area contributed by atoms with Crippen LogP contribution in [-0.4, -0.2) is 33.8 Å². The molecule has 6 heteroatoms. The molecule has 2 rings (SSSR count). The van der Waals surface area contributed by atoms with E-state index in [2.05, 4.69) is 15.3 Å². The van der Waals surface area contributed by atoms with Crippen molar-refractivity contribution >= 4 is 11.5 Å². The zero-order chi connectivity index (χ0) is 14.0. The molecular formula is C13H22N4O2. The highest BCUT2D eigenvalue weighted by atomic mass is 16.5. The first-order valence-corrected chi connectivity index (χ1v) is 6.64. The number of hydrogen-bond donors (Lipinski definition) is 3. The molecule has 2 unspecified atom stereocenters. The van der Waals surface area contributed by atoms with E-state index in [1.165, 1.54) is 6.33 Å². The fourth-order valence-corrected chi connectivity index (χ4v) is 2.12. The molecule has 0 spiro atoms. The van der Waals surface area contributed by atoms with Crippen LogP contribution < -0.4 is 15.8 Å². The molecule has 0 amide bonds. The van der Waals surface area contributed by atoms with E-state index < -0.39 is 0 Å². The van der Waals surface area contributed by atoms with E-state index in [-0.39, 0.29) is 17.6 Å². The molecule has 0 aromatic carbocycles. The summed E-state index contributed by atoms with van der Waals surface area (Å²) < 4.78 is 5.47. The summed E-state index contributed by atoms with van der Waals surface area (Å²) in [6.07, 6.45) is 2.74. The van der Waals surface area contributed by atoms with E-state index in [9.17, 15) is 5.11 Å². The SMILES string of the molecule is CCCOc1ncnc(NC2CC(O)C2(C)C)c1N. The maximum Gasteiger partial charge on any atom is 0.242 e. The summed E-state index contributed by atoms with van der Waals surface area (Å²) >= 11 is 0. The second-order valence-electron chi connectivity index (χ2n) is 5.56. The van der Waals surface area contributed by atoms with Crippen molar-refractivity contribution in [3.8, 4) is 5.88 Å². The van der Waals surface area contributed by atoms with E-state index in [0.29, 0.717) is 30.4 Å². The lowest BCUT2D eigenvalue weighted by Crippen LogP contribution is -2.57. The van der Waals surface area contributed by atoms with Crippen LogP contribution >= 0.6 is 0 Å². The summed E-state index contributed by atoms with van der Waals surface area (Å²) in [5, 5.41) is 13.0. The third-order valence-electron chi connectivity index (χ3n) is 3.82. The molecule has 19 heavy (non-hydrogen) atoms. The smallest absolute Gasteiger partial charge is 0.242 e. The van der Waals surface area contributed by atoms with E-state index in [0.717, 1.165) is 6.42 Å². The molecular weight excluding hydrogens is 244 g/mol. The van der Waals surface area contributed by atoms with Gasteiger partial charge >= 0.3 is 0 Å². The van der Waals surface area contributed by atoms with E-state index in [1.54, 1.807) is 0 Å². The average Bonchev–Trinajstić information content (AvgIpc) is 2.39. The molecule has 106 valence electrons. The first-order chi connectivity index (χ1) is 8.96. The lowest BCUT2D eigenvalue weighted by atomic mass is 9.64. The predicted molar refractivity (Wildman–Crippen MR) is 74.0 cm³/mol. The van der Waals surface area contributed by atoms with E-state index >= 15 is 0 Å². The number of hydrogen-bond acceptors (Lipinski definition) is 6. The number of nitrogen functional groups attached to an aromatic ring is 1. The zero-order valence-corrected chi connectivity index (χ0v) is 11.7. The number of anilines is 2. The molecule has 1 fully saturated rings. The molecule has 0 aliphatic heterocycles. The molecule has 0 saturated heterocycles. The minimum absolute atomic E-state index is 0.152. The Morgan fingerprint density at radius 1 is 1.53 bits per heavy atom. The number of nitrogens with two attached hydrogens (primary N) is 1. The van der Waals surface area contributed by atoms with Gasteiger partial charge in [0.1, 0.15) is 12.0 Å². The van der Waals surface area contributed by atoms with Crippen molar-refractivity contribution in [1.82, 2.24) is 9.97 Å². The molecule has 1 aliphatic rings. The van der Waals surface area contributed by atoms with Crippen LogP contribution in [-0.2, 0) is 0 Å². The predicted octanol–water partition coefficient (Wildman–Crippen LogP) is 1.42. The molecule has 1 aromatic heterocycles. The fourth-order valence-electron chi connectivity index (χ4n) is 2.12. The number of ether oxygens (including phenoxy) is 1. The molecule has 1 saturated carbocycles. The molecule has 0 radical (unpaired) electrons.